The van der Waals surface area contributed by atoms with E-state index >= 15 is 0 Å². The van der Waals surface area contributed by atoms with Gasteiger partial charge in [-0.25, -0.2) is 0 Å². The predicted octanol–water partition coefficient (Wildman–Crippen LogP) is 2.96. The Morgan fingerprint density at radius 1 is 1.47 bits per heavy atom. The number of rotatable bonds is 6. The molecule has 1 aliphatic rings. The molecule has 19 heavy (non-hydrogen) atoms. The molecule has 0 atom stereocenters. The summed E-state index contributed by atoms with van der Waals surface area (Å²) in [5.74, 6) is 1.78. The normalized spacial score (nSPS) is 16.7. The van der Waals surface area contributed by atoms with Crippen LogP contribution in [-0.4, -0.2) is 27.7 Å². The van der Waals surface area contributed by atoms with Crippen LogP contribution in [0.15, 0.2) is 22.7 Å². The Kier molecular flexibility index (Phi) is 3.41. The summed E-state index contributed by atoms with van der Waals surface area (Å²) in [4.78, 5) is 0. The number of nitrogens with one attached hydrogen (secondary N) is 2. The van der Waals surface area contributed by atoms with Crippen LogP contribution in [0.3, 0.4) is 0 Å². The van der Waals surface area contributed by atoms with Crippen molar-refractivity contribution in [3.05, 3.63) is 29.7 Å². The van der Waals surface area contributed by atoms with E-state index in [4.69, 9.17) is 4.42 Å². The average Bonchev–Trinajstić information content (AvgIpc) is 2.82. The third-order valence-corrected chi connectivity index (χ3v) is 5.13. The number of nitrogens with zero attached hydrogens (tertiary/aromatic N) is 1. The van der Waals surface area contributed by atoms with Gasteiger partial charge in [0.2, 0.25) is 0 Å². The molecule has 3 rings (SSSR count). The van der Waals surface area contributed by atoms with Crippen molar-refractivity contribution in [3.63, 3.8) is 0 Å². The lowest BCUT2D eigenvalue weighted by molar-refractivity contribution is 0.545. The summed E-state index contributed by atoms with van der Waals surface area (Å²) >= 11 is 1.97. The Hall–Kier alpha value is -1.20. The summed E-state index contributed by atoms with van der Waals surface area (Å²) < 4.78 is 6.14. The Morgan fingerprint density at radius 3 is 2.95 bits per heavy atom. The number of aryl methyl sites for hydroxylation is 1. The van der Waals surface area contributed by atoms with Crippen molar-refractivity contribution in [1.82, 2.24) is 15.5 Å². The smallest absolute Gasteiger partial charge is 0.152 e. The largest absolute Gasteiger partial charge is 0.460 e. The van der Waals surface area contributed by atoms with Gasteiger partial charge in [0, 0.05) is 23.4 Å². The average molecular weight is 277 g/mol. The number of hydrogen-bond acceptors (Lipinski definition) is 4. The van der Waals surface area contributed by atoms with Gasteiger partial charge in [0.05, 0.1) is 6.20 Å². The molecule has 1 saturated carbocycles. The number of aromatic nitrogens is 2. The zero-order valence-corrected chi connectivity index (χ0v) is 12.1. The monoisotopic (exact) mass is 277 g/mol. The van der Waals surface area contributed by atoms with E-state index in [0.29, 0.717) is 4.75 Å². The zero-order chi connectivity index (χ0) is 13.3. The van der Waals surface area contributed by atoms with Crippen molar-refractivity contribution in [1.29, 1.82) is 0 Å². The van der Waals surface area contributed by atoms with Crippen LogP contribution in [0.4, 0.5) is 0 Å². The summed E-state index contributed by atoms with van der Waals surface area (Å²) in [6, 6.07) is 3.96. The Morgan fingerprint density at radius 2 is 2.32 bits per heavy atom. The molecular weight excluding hydrogens is 258 g/mol. The minimum absolute atomic E-state index is 0.491. The van der Waals surface area contributed by atoms with Gasteiger partial charge in [0.1, 0.15) is 11.5 Å². The number of aromatic amines is 1. The van der Waals surface area contributed by atoms with Crippen LogP contribution in [0.5, 0.6) is 0 Å². The first kappa shape index (κ1) is 12.8. The van der Waals surface area contributed by atoms with Crippen molar-refractivity contribution in [2.45, 2.75) is 31.1 Å². The predicted molar refractivity (Wildman–Crippen MR) is 78.2 cm³/mol. The van der Waals surface area contributed by atoms with E-state index in [0.717, 1.165) is 35.9 Å². The molecule has 1 fully saturated rings. The first-order valence-corrected chi connectivity index (χ1v) is 7.80. The van der Waals surface area contributed by atoms with E-state index in [2.05, 4.69) is 21.8 Å². The second-order valence-electron chi connectivity index (χ2n) is 5.17. The summed E-state index contributed by atoms with van der Waals surface area (Å²) in [6.45, 7) is 3.84. The first-order valence-electron chi connectivity index (χ1n) is 6.57. The van der Waals surface area contributed by atoms with Crippen molar-refractivity contribution >= 4 is 11.8 Å². The lowest BCUT2D eigenvalue weighted by Gasteiger charge is -2.12. The molecule has 1 aliphatic carbocycles. The molecule has 0 aromatic carbocycles. The second kappa shape index (κ2) is 5.06. The van der Waals surface area contributed by atoms with Gasteiger partial charge >= 0.3 is 0 Å². The van der Waals surface area contributed by atoms with Crippen LogP contribution >= 0.6 is 11.8 Å². The molecule has 102 valence electrons. The molecule has 2 aromatic rings. The molecule has 2 aromatic heterocycles. The van der Waals surface area contributed by atoms with Gasteiger partial charge in [-0.15, -0.1) is 0 Å². The third kappa shape index (κ3) is 2.72. The first-order chi connectivity index (χ1) is 9.22. The maximum absolute atomic E-state index is 5.65. The van der Waals surface area contributed by atoms with Crippen LogP contribution in [0.1, 0.15) is 24.2 Å². The maximum Gasteiger partial charge on any atom is 0.152 e. The van der Waals surface area contributed by atoms with Crippen LogP contribution in [0.25, 0.3) is 11.5 Å². The van der Waals surface area contributed by atoms with Crippen LogP contribution in [0, 0.1) is 6.92 Å². The van der Waals surface area contributed by atoms with Crippen molar-refractivity contribution < 1.29 is 4.42 Å². The highest BCUT2D eigenvalue weighted by molar-refractivity contribution is 8.00. The van der Waals surface area contributed by atoms with Gasteiger partial charge in [-0.3, -0.25) is 5.10 Å². The SMILES string of the molecule is CSC1(CNCc2cn[nH]c2-c2ccc(C)o2)CC1. The minimum atomic E-state index is 0.491. The fraction of sp³-hybridized carbons (Fsp3) is 0.500. The van der Waals surface area contributed by atoms with E-state index in [-0.39, 0.29) is 0 Å². The fourth-order valence-electron chi connectivity index (χ4n) is 2.24. The summed E-state index contributed by atoms with van der Waals surface area (Å²) in [5, 5.41) is 10.7. The summed E-state index contributed by atoms with van der Waals surface area (Å²) in [5.41, 5.74) is 2.14. The van der Waals surface area contributed by atoms with E-state index in [1.807, 2.05) is 37.0 Å². The highest BCUT2D eigenvalue weighted by Gasteiger charge is 2.41. The van der Waals surface area contributed by atoms with Gasteiger partial charge < -0.3 is 9.73 Å². The molecule has 0 spiro atoms. The van der Waals surface area contributed by atoms with Gasteiger partial charge in [-0.2, -0.15) is 16.9 Å². The molecule has 0 aliphatic heterocycles. The van der Waals surface area contributed by atoms with Gasteiger partial charge in [0.25, 0.3) is 0 Å². The zero-order valence-electron chi connectivity index (χ0n) is 11.3. The van der Waals surface area contributed by atoms with E-state index in [1.165, 1.54) is 12.8 Å². The Balaban J connectivity index is 1.64. The molecule has 5 heteroatoms. The third-order valence-electron chi connectivity index (χ3n) is 3.71. The summed E-state index contributed by atoms with van der Waals surface area (Å²) in [6.07, 6.45) is 6.73. The number of thioether (sulfide) groups is 1. The van der Waals surface area contributed by atoms with Gasteiger partial charge in [-0.05, 0) is 38.2 Å². The molecule has 2 heterocycles. The molecule has 0 bridgehead atoms. The molecule has 0 radical (unpaired) electrons. The Labute approximate surface area is 117 Å². The molecule has 0 amide bonds. The van der Waals surface area contributed by atoms with Crippen molar-refractivity contribution in [2.75, 3.05) is 12.8 Å². The van der Waals surface area contributed by atoms with Gasteiger partial charge in [0.15, 0.2) is 5.76 Å². The fourth-order valence-corrected chi connectivity index (χ4v) is 3.00. The molecule has 0 saturated heterocycles. The number of hydrogen-bond donors (Lipinski definition) is 2. The maximum atomic E-state index is 5.65. The highest BCUT2D eigenvalue weighted by Crippen LogP contribution is 2.46. The topological polar surface area (TPSA) is 53.9 Å². The lowest BCUT2D eigenvalue weighted by atomic mass is 10.2. The highest BCUT2D eigenvalue weighted by atomic mass is 32.2. The number of furan rings is 1. The standard InChI is InChI=1S/C14H19N3OS/c1-10-3-4-12(18-10)13-11(8-16-17-13)7-15-9-14(19-2)5-6-14/h3-4,8,15H,5-7,9H2,1-2H3,(H,16,17). The van der Waals surface area contributed by atoms with Crippen LogP contribution in [-0.2, 0) is 6.54 Å². The molecule has 4 nitrogen and oxygen atoms in total. The van der Waals surface area contributed by atoms with Crippen molar-refractivity contribution in [3.8, 4) is 11.5 Å². The van der Waals surface area contributed by atoms with E-state index in [9.17, 15) is 0 Å². The molecule has 2 N–H and O–H groups in total. The quantitative estimate of drug-likeness (QED) is 0.852. The van der Waals surface area contributed by atoms with Crippen LogP contribution < -0.4 is 5.32 Å². The second-order valence-corrected chi connectivity index (χ2v) is 6.45. The minimum Gasteiger partial charge on any atom is -0.460 e. The summed E-state index contributed by atoms with van der Waals surface area (Å²) in [7, 11) is 0. The van der Waals surface area contributed by atoms with E-state index < -0.39 is 0 Å². The molecular formula is C14H19N3OS. The van der Waals surface area contributed by atoms with Gasteiger partial charge in [-0.1, -0.05) is 0 Å². The van der Waals surface area contributed by atoms with Crippen LogP contribution in [0.2, 0.25) is 0 Å². The Bertz CT molecular complexity index is 557. The van der Waals surface area contributed by atoms with Crippen molar-refractivity contribution in [2.24, 2.45) is 0 Å². The van der Waals surface area contributed by atoms with E-state index in [1.54, 1.807) is 0 Å². The lowest BCUT2D eigenvalue weighted by Crippen LogP contribution is -2.25. The number of H-pyrrole nitrogens is 1. The molecule has 0 unspecified atom stereocenters.